The summed E-state index contributed by atoms with van der Waals surface area (Å²) in [5.74, 6) is -0.704. The number of nitrogens with zero attached hydrogens (tertiary/aromatic N) is 2. The SMILES string of the molecule is CCC1(c2ccc(NC(=O)c3ccc(-n4nccc4C)cc3)cc2)CCC(=O)NC1=O. The van der Waals surface area contributed by atoms with Crippen molar-refractivity contribution in [2.45, 2.75) is 38.5 Å². The molecule has 1 aliphatic rings. The molecule has 0 radical (unpaired) electrons. The van der Waals surface area contributed by atoms with Crippen molar-refractivity contribution < 1.29 is 14.4 Å². The van der Waals surface area contributed by atoms with E-state index in [4.69, 9.17) is 0 Å². The van der Waals surface area contributed by atoms with Crippen LogP contribution in [-0.2, 0) is 15.0 Å². The molecule has 0 bridgehead atoms. The van der Waals surface area contributed by atoms with Gasteiger partial charge < -0.3 is 5.32 Å². The first-order chi connectivity index (χ1) is 14.9. The monoisotopic (exact) mass is 416 g/mol. The number of hydrogen-bond donors (Lipinski definition) is 2. The van der Waals surface area contributed by atoms with Gasteiger partial charge in [0.1, 0.15) is 0 Å². The molecule has 4 rings (SSSR count). The van der Waals surface area contributed by atoms with E-state index >= 15 is 0 Å². The number of nitrogens with one attached hydrogen (secondary N) is 2. The Bertz CT molecular complexity index is 1130. The Morgan fingerprint density at radius 2 is 1.81 bits per heavy atom. The van der Waals surface area contributed by atoms with E-state index in [2.05, 4.69) is 15.7 Å². The molecule has 7 heteroatoms. The topological polar surface area (TPSA) is 93.1 Å². The fraction of sp³-hybridized carbons (Fsp3) is 0.250. The summed E-state index contributed by atoms with van der Waals surface area (Å²) in [6.45, 7) is 3.91. The van der Waals surface area contributed by atoms with E-state index in [-0.39, 0.29) is 17.7 Å². The molecule has 0 spiro atoms. The van der Waals surface area contributed by atoms with Gasteiger partial charge in [0.2, 0.25) is 11.8 Å². The van der Waals surface area contributed by atoms with Gasteiger partial charge in [0, 0.05) is 29.6 Å². The highest BCUT2D eigenvalue weighted by atomic mass is 16.2. The van der Waals surface area contributed by atoms with E-state index in [1.54, 1.807) is 35.1 Å². The lowest BCUT2D eigenvalue weighted by Crippen LogP contribution is -2.51. The van der Waals surface area contributed by atoms with Crippen molar-refractivity contribution in [3.05, 3.63) is 77.6 Å². The highest BCUT2D eigenvalue weighted by Gasteiger charge is 2.42. The van der Waals surface area contributed by atoms with Gasteiger partial charge in [-0.05, 0) is 67.8 Å². The summed E-state index contributed by atoms with van der Waals surface area (Å²) >= 11 is 0. The van der Waals surface area contributed by atoms with Crippen LogP contribution in [0.3, 0.4) is 0 Å². The molecule has 0 saturated carbocycles. The van der Waals surface area contributed by atoms with Crippen LogP contribution in [-0.4, -0.2) is 27.5 Å². The highest BCUT2D eigenvalue weighted by Crippen LogP contribution is 2.36. The molecule has 158 valence electrons. The average molecular weight is 416 g/mol. The Balaban J connectivity index is 1.47. The van der Waals surface area contributed by atoms with Crippen LogP contribution in [0.4, 0.5) is 5.69 Å². The molecule has 1 fully saturated rings. The van der Waals surface area contributed by atoms with E-state index in [1.807, 2.05) is 44.2 Å². The Labute approximate surface area is 180 Å². The molecule has 1 aliphatic heterocycles. The van der Waals surface area contributed by atoms with Crippen molar-refractivity contribution in [1.82, 2.24) is 15.1 Å². The minimum absolute atomic E-state index is 0.220. The summed E-state index contributed by atoms with van der Waals surface area (Å²) in [6.07, 6.45) is 3.14. The van der Waals surface area contributed by atoms with E-state index in [0.29, 0.717) is 30.5 Å². The smallest absolute Gasteiger partial charge is 0.255 e. The molecule has 2 N–H and O–H groups in total. The number of amides is 3. The minimum Gasteiger partial charge on any atom is -0.322 e. The molecule has 1 aromatic heterocycles. The molecule has 2 aromatic carbocycles. The summed E-state index contributed by atoms with van der Waals surface area (Å²) in [4.78, 5) is 36.7. The molecular formula is C24H24N4O3. The van der Waals surface area contributed by atoms with E-state index in [9.17, 15) is 14.4 Å². The Morgan fingerprint density at radius 1 is 1.10 bits per heavy atom. The maximum atomic E-state index is 12.6. The van der Waals surface area contributed by atoms with Gasteiger partial charge in [0.05, 0.1) is 11.1 Å². The van der Waals surface area contributed by atoms with Crippen LogP contribution < -0.4 is 10.6 Å². The number of carbonyl (C=O) groups excluding carboxylic acids is 3. The minimum atomic E-state index is -0.711. The van der Waals surface area contributed by atoms with Gasteiger partial charge in [0.15, 0.2) is 0 Å². The predicted molar refractivity (Wildman–Crippen MR) is 117 cm³/mol. The maximum absolute atomic E-state index is 12.6. The molecule has 1 atom stereocenters. The normalized spacial score (nSPS) is 18.5. The number of aromatic nitrogens is 2. The van der Waals surface area contributed by atoms with Crippen molar-refractivity contribution in [3.8, 4) is 5.69 Å². The molecule has 31 heavy (non-hydrogen) atoms. The Kier molecular flexibility index (Phi) is 5.42. The Hall–Kier alpha value is -3.74. The van der Waals surface area contributed by atoms with Crippen LogP contribution in [0.2, 0.25) is 0 Å². The molecule has 7 nitrogen and oxygen atoms in total. The highest BCUT2D eigenvalue weighted by molar-refractivity contribution is 6.05. The Morgan fingerprint density at radius 3 is 2.39 bits per heavy atom. The standard InChI is InChI=1S/C24H24N4O3/c1-3-24(14-12-21(29)27-23(24)31)18-6-8-19(9-7-18)26-22(30)17-4-10-20(11-5-17)28-16(2)13-15-25-28/h4-11,13,15H,3,12,14H2,1-2H3,(H,26,30)(H,27,29,31). The lowest BCUT2D eigenvalue weighted by molar-refractivity contribution is -0.138. The molecule has 3 aromatic rings. The summed E-state index contributed by atoms with van der Waals surface area (Å²) in [5, 5.41) is 9.61. The number of piperidine rings is 1. The van der Waals surface area contributed by atoms with Crippen molar-refractivity contribution in [3.63, 3.8) is 0 Å². The second-order valence-corrected chi connectivity index (χ2v) is 7.78. The lowest BCUT2D eigenvalue weighted by Gasteiger charge is -2.35. The molecular weight excluding hydrogens is 392 g/mol. The van der Waals surface area contributed by atoms with Crippen molar-refractivity contribution in [2.24, 2.45) is 0 Å². The van der Waals surface area contributed by atoms with Gasteiger partial charge in [-0.15, -0.1) is 0 Å². The zero-order valence-corrected chi connectivity index (χ0v) is 17.5. The van der Waals surface area contributed by atoms with Crippen molar-refractivity contribution in [2.75, 3.05) is 5.32 Å². The number of benzene rings is 2. The van der Waals surface area contributed by atoms with Gasteiger partial charge in [0.25, 0.3) is 5.91 Å². The van der Waals surface area contributed by atoms with Crippen LogP contribution in [0.5, 0.6) is 0 Å². The third kappa shape index (κ3) is 3.86. The van der Waals surface area contributed by atoms with Crippen LogP contribution in [0.15, 0.2) is 60.8 Å². The molecule has 2 heterocycles. The van der Waals surface area contributed by atoms with Crippen molar-refractivity contribution >= 4 is 23.4 Å². The third-order valence-electron chi connectivity index (χ3n) is 5.97. The van der Waals surface area contributed by atoms with Crippen LogP contribution in [0.25, 0.3) is 5.69 Å². The van der Waals surface area contributed by atoms with E-state index in [1.165, 1.54) is 0 Å². The fourth-order valence-electron chi connectivity index (χ4n) is 4.04. The molecule has 1 unspecified atom stereocenters. The molecule has 3 amide bonds. The summed E-state index contributed by atoms with van der Waals surface area (Å²) in [5.41, 5.74) is 3.21. The number of anilines is 1. The second kappa shape index (κ2) is 8.18. The van der Waals surface area contributed by atoms with E-state index < -0.39 is 5.41 Å². The zero-order valence-electron chi connectivity index (χ0n) is 17.5. The first-order valence-electron chi connectivity index (χ1n) is 10.3. The maximum Gasteiger partial charge on any atom is 0.255 e. The number of hydrogen-bond acceptors (Lipinski definition) is 4. The predicted octanol–water partition coefficient (Wildman–Crippen LogP) is 3.52. The van der Waals surface area contributed by atoms with Crippen LogP contribution in [0.1, 0.15) is 47.8 Å². The lowest BCUT2D eigenvalue weighted by atomic mass is 9.72. The quantitative estimate of drug-likeness (QED) is 0.623. The first kappa shape index (κ1) is 20.5. The summed E-state index contributed by atoms with van der Waals surface area (Å²) in [6, 6.07) is 16.4. The number of carbonyl (C=O) groups is 3. The van der Waals surface area contributed by atoms with E-state index in [0.717, 1.165) is 16.9 Å². The van der Waals surface area contributed by atoms with Gasteiger partial charge in [-0.25, -0.2) is 4.68 Å². The number of rotatable bonds is 5. The summed E-state index contributed by atoms with van der Waals surface area (Å²) < 4.78 is 1.80. The largest absolute Gasteiger partial charge is 0.322 e. The van der Waals surface area contributed by atoms with Gasteiger partial charge in [-0.1, -0.05) is 19.1 Å². The fourth-order valence-corrected chi connectivity index (χ4v) is 4.04. The second-order valence-electron chi connectivity index (χ2n) is 7.78. The number of aryl methyl sites for hydroxylation is 1. The number of imide groups is 1. The van der Waals surface area contributed by atoms with Crippen LogP contribution in [0, 0.1) is 6.92 Å². The van der Waals surface area contributed by atoms with Gasteiger partial charge in [-0.2, -0.15) is 5.10 Å². The third-order valence-corrected chi connectivity index (χ3v) is 5.97. The zero-order chi connectivity index (χ0) is 22.0. The van der Waals surface area contributed by atoms with Crippen molar-refractivity contribution in [1.29, 1.82) is 0 Å². The first-order valence-corrected chi connectivity index (χ1v) is 10.3. The average Bonchev–Trinajstić information content (AvgIpc) is 3.21. The molecule has 0 aliphatic carbocycles. The summed E-state index contributed by atoms with van der Waals surface area (Å²) in [7, 11) is 0. The molecule has 1 saturated heterocycles. The van der Waals surface area contributed by atoms with Crippen LogP contribution >= 0.6 is 0 Å². The van der Waals surface area contributed by atoms with Gasteiger partial charge >= 0.3 is 0 Å². The van der Waals surface area contributed by atoms with Gasteiger partial charge in [-0.3, -0.25) is 19.7 Å².